The van der Waals surface area contributed by atoms with Crippen LogP contribution in [0.25, 0.3) is 0 Å². The average molecular weight is 364 g/mol. The van der Waals surface area contributed by atoms with Crippen molar-refractivity contribution in [2.75, 3.05) is 31.1 Å². The lowest BCUT2D eigenvalue weighted by Crippen LogP contribution is -2.50. The molecule has 0 atom stereocenters. The minimum Gasteiger partial charge on any atom is -0.481 e. The summed E-state index contributed by atoms with van der Waals surface area (Å²) in [4.78, 5) is 25.0. The lowest BCUT2D eigenvalue weighted by molar-refractivity contribution is -0.134. The lowest BCUT2D eigenvalue weighted by atomic mass is 10.1. The molecule has 26 heavy (non-hydrogen) atoms. The van der Waals surface area contributed by atoms with Crippen molar-refractivity contribution in [2.45, 2.75) is 33.3 Å². The SMILES string of the molecule is CC(=O)O.CC(C)(C)OC(=O)N1CCN(c2ccc(C(=N)N)cc2)CC1. The number of benzene rings is 1. The van der Waals surface area contributed by atoms with E-state index in [-0.39, 0.29) is 11.9 Å². The van der Waals surface area contributed by atoms with Gasteiger partial charge in [0.2, 0.25) is 0 Å². The number of carbonyl (C=O) groups excluding carboxylic acids is 1. The molecule has 1 fully saturated rings. The van der Waals surface area contributed by atoms with Crippen molar-refractivity contribution in [2.24, 2.45) is 5.73 Å². The van der Waals surface area contributed by atoms with E-state index in [1.165, 1.54) is 0 Å². The summed E-state index contributed by atoms with van der Waals surface area (Å²) < 4.78 is 5.39. The van der Waals surface area contributed by atoms with Crippen LogP contribution < -0.4 is 10.6 Å². The van der Waals surface area contributed by atoms with Gasteiger partial charge in [-0.3, -0.25) is 10.2 Å². The predicted molar refractivity (Wildman–Crippen MR) is 101 cm³/mol. The second kappa shape index (κ2) is 9.07. The predicted octanol–water partition coefficient (Wildman–Crippen LogP) is 2.12. The van der Waals surface area contributed by atoms with E-state index in [2.05, 4.69) is 4.90 Å². The Morgan fingerprint density at radius 2 is 1.58 bits per heavy atom. The van der Waals surface area contributed by atoms with Gasteiger partial charge in [-0.15, -0.1) is 0 Å². The summed E-state index contributed by atoms with van der Waals surface area (Å²) in [5, 5.41) is 14.8. The Morgan fingerprint density at radius 1 is 1.12 bits per heavy atom. The molecule has 1 aromatic rings. The highest BCUT2D eigenvalue weighted by molar-refractivity contribution is 5.95. The molecule has 0 unspecified atom stereocenters. The summed E-state index contributed by atoms with van der Waals surface area (Å²) in [6.45, 7) is 9.51. The molecule has 0 aromatic heterocycles. The smallest absolute Gasteiger partial charge is 0.410 e. The first-order chi connectivity index (χ1) is 12.0. The van der Waals surface area contributed by atoms with Gasteiger partial charge in [0.1, 0.15) is 11.4 Å². The van der Waals surface area contributed by atoms with Gasteiger partial charge >= 0.3 is 6.09 Å². The summed E-state index contributed by atoms with van der Waals surface area (Å²) >= 11 is 0. The van der Waals surface area contributed by atoms with Crippen molar-refractivity contribution in [3.63, 3.8) is 0 Å². The lowest BCUT2D eigenvalue weighted by Gasteiger charge is -2.36. The summed E-state index contributed by atoms with van der Waals surface area (Å²) in [5.74, 6) is -0.763. The fourth-order valence-corrected chi connectivity index (χ4v) is 2.33. The number of amides is 1. The summed E-state index contributed by atoms with van der Waals surface area (Å²) in [6.07, 6.45) is -0.251. The first kappa shape index (κ1) is 21.3. The van der Waals surface area contributed by atoms with E-state index < -0.39 is 11.6 Å². The van der Waals surface area contributed by atoms with Gasteiger partial charge in [-0.1, -0.05) is 0 Å². The topological polar surface area (TPSA) is 120 Å². The second-order valence-electron chi connectivity index (χ2n) is 6.93. The van der Waals surface area contributed by atoms with Gasteiger partial charge in [0.05, 0.1) is 0 Å². The molecule has 0 saturated carbocycles. The van der Waals surface area contributed by atoms with E-state index in [1.54, 1.807) is 4.90 Å². The van der Waals surface area contributed by atoms with Crippen molar-refractivity contribution in [3.8, 4) is 0 Å². The number of anilines is 1. The van der Waals surface area contributed by atoms with Crippen molar-refractivity contribution in [3.05, 3.63) is 29.8 Å². The van der Waals surface area contributed by atoms with E-state index >= 15 is 0 Å². The average Bonchev–Trinajstić information content (AvgIpc) is 2.53. The zero-order valence-electron chi connectivity index (χ0n) is 15.8. The maximum Gasteiger partial charge on any atom is 0.410 e. The van der Waals surface area contributed by atoms with Crippen LogP contribution >= 0.6 is 0 Å². The van der Waals surface area contributed by atoms with Crippen LogP contribution in [0.5, 0.6) is 0 Å². The first-order valence-corrected chi connectivity index (χ1v) is 8.36. The number of rotatable bonds is 2. The molecule has 1 aliphatic heterocycles. The van der Waals surface area contributed by atoms with Crippen molar-refractivity contribution >= 4 is 23.6 Å². The Bertz CT molecular complexity index is 626. The first-order valence-electron chi connectivity index (χ1n) is 8.36. The minimum absolute atomic E-state index is 0.0706. The van der Waals surface area contributed by atoms with Gasteiger partial charge < -0.3 is 25.4 Å². The van der Waals surface area contributed by atoms with Crippen LogP contribution in [0.2, 0.25) is 0 Å². The maximum atomic E-state index is 12.0. The van der Waals surface area contributed by atoms with Crippen molar-refractivity contribution in [1.29, 1.82) is 5.41 Å². The molecular weight excluding hydrogens is 336 g/mol. The quantitative estimate of drug-likeness (QED) is 0.546. The number of nitrogens with zero attached hydrogens (tertiary/aromatic N) is 2. The molecule has 0 radical (unpaired) electrons. The highest BCUT2D eigenvalue weighted by atomic mass is 16.6. The number of ether oxygens (including phenoxy) is 1. The highest BCUT2D eigenvalue weighted by Crippen LogP contribution is 2.18. The highest BCUT2D eigenvalue weighted by Gasteiger charge is 2.25. The van der Waals surface area contributed by atoms with Crippen LogP contribution in [-0.4, -0.2) is 59.7 Å². The van der Waals surface area contributed by atoms with Crippen molar-refractivity contribution in [1.82, 2.24) is 4.90 Å². The minimum atomic E-state index is -0.833. The molecule has 144 valence electrons. The van der Waals surface area contributed by atoms with Crippen molar-refractivity contribution < 1.29 is 19.4 Å². The summed E-state index contributed by atoms with van der Waals surface area (Å²) in [7, 11) is 0. The second-order valence-corrected chi connectivity index (χ2v) is 6.93. The van der Waals surface area contributed by atoms with Gasteiger partial charge in [0.25, 0.3) is 5.97 Å². The van der Waals surface area contributed by atoms with E-state index in [4.69, 9.17) is 25.8 Å². The maximum absolute atomic E-state index is 12.0. The molecule has 2 rings (SSSR count). The zero-order valence-corrected chi connectivity index (χ0v) is 15.8. The molecule has 0 spiro atoms. The molecule has 1 amide bonds. The number of piperazine rings is 1. The number of carbonyl (C=O) groups is 2. The molecular formula is C18H28N4O4. The Hall–Kier alpha value is -2.77. The molecule has 1 aromatic carbocycles. The number of hydrogen-bond acceptors (Lipinski definition) is 5. The van der Waals surface area contributed by atoms with E-state index in [9.17, 15) is 4.79 Å². The molecule has 1 saturated heterocycles. The van der Waals surface area contributed by atoms with Gasteiger partial charge in [0, 0.05) is 44.4 Å². The number of hydrogen-bond donors (Lipinski definition) is 3. The van der Waals surface area contributed by atoms with Crippen LogP contribution in [0.4, 0.5) is 10.5 Å². The molecule has 1 heterocycles. The van der Waals surface area contributed by atoms with Crippen LogP contribution in [0.15, 0.2) is 24.3 Å². The largest absolute Gasteiger partial charge is 0.481 e. The normalized spacial score (nSPS) is 14.2. The van der Waals surface area contributed by atoms with E-state index in [1.807, 2.05) is 45.0 Å². The van der Waals surface area contributed by atoms with Crippen LogP contribution in [0, 0.1) is 5.41 Å². The molecule has 4 N–H and O–H groups in total. The Kier molecular flexibility index (Phi) is 7.42. The van der Waals surface area contributed by atoms with Crippen LogP contribution in [-0.2, 0) is 9.53 Å². The molecule has 1 aliphatic rings. The number of carboxylic acid groups (broad SMARTS) is 1. The fraction of sp³-hybridized carbons (Fsp3) is 0.500. The summed E-state index contributed by atoms with van der Waals surface area (Å²) in [6, 6.07) is 7.61. The Labute approximate surface area is 154 Å². The third kappa shape index (κ3) is 7.42. The monoisotopic (exact) mass is 364 g/mol. The molecule has 8 nitrogen and oxygen atoms in total. The Morgan fingerprint density at radius 3 is 1.96 bits per heavy atom. The number of aliphatic carboxylic acids is 1. The van der Waals surface area contributed by atoms with E-state index in [0.29, 0.717) is 13.1 Å². The number of nitrogens with two attached hydrogens (primary N) is 1. The molecule has 0 aliphatic carbocycles. The number of carboxylic acids is 1. The third-order valence-corrected chi connectivity index (χ3v) is 3.47. The molecule has 0 bridgehead atoms. The van der Waals surface area contributed by atoms with E-state index in [0.717, 1.165) is 31.3 Å². The summed E-state index contributed by atoms with van der Waals surface area (Å²) in [5.41, 5.74) is 6.79. The Balaban J connectivity index is 0.000000765. The fourth-order valence-electron chi connectivity index (χ4n) is 2.33. The van der Waals surface area contributed by atoms with Gasteiger partial charge in [-0.05, 0) is 45.0 Å². The number of nitrogens with one attached hydrogen (secondary N) is 1. The van der Waals surface area contributed by atoms with Gasteiger partial charge in [-0.2, -0.15) is 0 Å². The van der Waals surface area contributed by atoms with Gasteiger partial charge in [0.15, 0.2) is 0 Å². The standard InChI is InChI=1S/C16H24N4O2.C2H4O2/c1-16(2,3)22-15(21)20-10-8-19(9-11-20)13-6-4-12(5-7-13)14(17)18;1-2(3)4/h4-7H,8-11H2,1-3H3,(H3,17,18);1H3,(H,3,4). The number of amidine groups is 1. The third-order valence-electron chi connectivity index (χ3n) is 3.47. The van der Waals surface area contributed by atoms with Crippen LogP contribution in [0.1, 0.15) is 33.3 Å². The van der Waals surface area contributed by atoms with Crippen LogP contribution in [0.3, 0.4) is 0 Å². The zero-order chi connectivity index (χ0) is 19.9. The molecule has 8 heteroatoms. The number of nitrogen functional groups attached to an aromatic ring is 1. The van der Waals surface area contributed by atoms with Gasteiger partial charge in [-0.25, -0.2) is 4.79 Å².